The van der Waals surface area contributed by atoms with Crippen LogP contribution in [-0.2, 0) is 11.3 Å². The van der Waals surface area contributed by atoms with Crippen LogP contribution in [0.4, 0.5) is 5.69 Å². The van der Waals surface area contributed by atoms with E-state index in [2.05, 4.69) is 15.5 Å². The second kappa shape index (κ2) is 8.97. The predicted molar refractivity (Wildman–Crippen MR) is 112 cm³/mol. The highest BCUT2D eigenvalue weighted by atomic mass is 35.5. The van der Waals surface area contributed by atoms with Gasteiger partial charge in [-0.15, -0.1) is 10.2 Å². The summed E-state index contributed by atoms with van der Waals surface area (Å²) >= 11 is 19.4. The summed E-state index contributed by atoms with van der Waals surface area (Å²) in [7, 11) is 0. The third-order valence-corrected chi connectivity index (χ3v) is 5.54. The lowest BCUT2D eigenvalue weighted by Gasteiger charge is -2.10. The molecular formula is C18H15Cl3N4OS. The van der Waals surface area contributed by atoms with E-state index < -0.39 is 0 Å². The van der Waals surface area contributed by atoms with Crippen molar-refractivity contribution in [3.05, 3.63) is 57.5 Å². The minimum atomic E-state index is -0.228. The molecule has 1 N–H and O–H groups in total. The molecule has 0 aliphatic rings. The minimum Gasteiger partial charge on any atom is -0.323 e. The average Bonchev–Trinajstić information content (AvgIpc) is 3.06. The van der Waals surface area contributed by atoms with Gasteiger partial charge in [-0.3, -0.25) is 4.79 Å². The zero-order chi connectivity index (χ0) is 19.4. The Morgan fingerprint density at radius 3 is 2.37 bits per heavy atom. The van der Waals surface area contributed by atoms with Gasteiger partial charge in [0.15, 0.2) is 11.0 Å². The number of rotatable bonds is 6. The Labute approximate surface area is 176 Å². The largest absolute Gasteiger partial charge is 0.323 e. The number of aromatic nitrogens is 3. The number of hydrogen-bond donors (Lipinski definition) is 1. The molecule has 0 unspecified atom stereocenters. The van der Waals surface area contributed by atoms with E-state index in [1.54, 1.807) is 30.3 Å². The zero-order valence-corrected chi connectivity index (χ0v) is 17.3. The predicted octanol–water partition coefficient (Wildman–Crippen LogP) is 5.66. The average molecular weight is 442 g/mol. The van der Waals surface area contributed by atoms with Crippen LogP contribution in [0.25, 0.3) is 11.4 Å². The number of thioether (sulfide) groups is 1. The second-order valence-corrected chi connectivity index (χ2v) is 7.68. The van der Waals surface area contributed by atoms with Gasteiger partial charge in [-0.2, -0.15) is 0 Å². The lowest BCUT2D eigenvalue weighted by Crippen LogP contribution is -2.15. The molecule has 3 aromatic rings. The minimum absolute atomic E-state index is 0.153. The molecule has 0 radical (unpaired) electrons. The van der Waals surface area contributed by atoms with E-state index in [1.165, 1.54) is 11.8 Å². The van der Waals surface area contributed by atoms with Crippen LogP contribution in [0.15, 0.2) is 47.6 Å². The first-order valence-electron chi connectivity index (χ1n) is 8.05. The highest BCUT2D eigenvalue weighted by Crippen LogP contribution is 2.30. The number of benzene rings is 2. The van der Waals surface area contributed by atoms with Crippen molar-refractivity contribution in [2.75, 3.05) is 11.1 Å². The summed E-state index contributed by atoms with van der Waals surface area (Å²) in [5.74, 6) is 0.653. The third-order valence-electron chi connectivity index (χ3n) is 3.70. The fourth-order valence-corrected chi connectivity index (χ4v) is 3.84. The third kappa shape index (κ3) is 4.76. The molecule has 1 amide bonds. The molecular weight excluding hydrogens is 427 g/mol. The maximum atomic E-state index is 12.3. The number of carbonyl (C=O) groups is 1. The molecule has 0 atom stereocenters. The van der Waals surface area contributed by atoms with E-state index in [-0.39, 0.29) is 11.7 Å². The lowest BCUT2D eigenvalue weighted by atomic mass is 10.2. The fraction of sp³-hybridized carbons (Fsp3) is 0.167. The molecule has 1 heterocycles. The molecule has 3 rings (SSSR count). The van der Waals surface area contributed by atoms with E-state index in [1.807, 2.05) is 23.6 Å². The number of para-hydroxylation sites is 1. The van der Waals surface area contributed by atoms with Gasteiger partial charge in [-0.1, -0.05) is 52.6 Å². The number of nitrogens with zero attached hydrogens (tertiary/aromatic N) is 3. The van der Waals surface area contributed by atoms with Gasteiger partial charge in [0.25, 0.3) is 0 Å². The van der Waals surface area contributed by atoms with E-state index in [0.29, 0.717) is 32.5 Å². The van der Waals surface area contributed by atoms with Crippen molar-refractivity contribution in [3.8, 4) is 11.4 Å². The molecule has 2 aromatic carbocycles. The van der Waals surface area contributed by atoms with Crippen LogP contribution in [0.3, 0.4) is 0 Å². The molecule has 0 aliphatic carbocycles. The maximum absolute atomic E-state index is 12.3. The smallest absolute Gasteiger partial charge is 0.234 e. The highest BCUT2D eigenvalue weighted by molar-refractivity contribution is 7.99. The van der Waals surface area contributed by atoms with Gasteiger partial charge in [-0.25, -0.2) is 0 Å². The number of halogens is 3. The van der Waals surface area contributed by atoms with E-state index in [9.17, 15) is 4.79 Å². The van der Waals surface area contributed by atoms with Gasteiger partial charge in [0, 0.05) is 17.1 Å². The monoisotopic (exact) mass is 440 g/mol. The molecule has 0 aliphatic heterocycles. The van der Waals surface area contributed by atoms with Crippen LogP contribution in [0, 0.1) is 0 Å². The van der Waals surface area contributed by atoms with Crippen molar-refractivity contribution < 1.29 is 4.79 Å². The first kappa shape index (κ1) is 20.0. The molecule has 140 valence electrons. The van der Waals surface area contributed by atoms with Crippen LogP contribution < -0.4 is 5.32 Å². The standard InChI is InChI=1S/C18H15Cl3N4OS/c1-2-25-17(11-6-8-12(19)9-7-11)23-24-18(25)27-10-15(26)22-16-13(20)4-3-5-14(16)21/h3-9H,2,10H2,1H3,(H,22,26). The first-order chi connectivity index (χ1) is 13.0. The Kier molecular flexibility index (Phi) is 6.65. The number of carbonyl (C=O) groups excluding carboxylic acids is 1. The van der Waals surface area contributed by atoms with E-state index in [4.69, 9.17) is 34.8 Å². The van der Waals surface area contributed by atoms with Gasteiger partial charge in [-0.05, 0) is 43.3 Å². The van der Waals surface area contributed by atoms with Gasteiger partial charge < -0.3 is 9.88 Å². The number of anilines is 1. The quantitative estimate of drug-likeness (QED) is 0.502. The van der Waals surface area contributed by atoms with E-state index >= 15 is 0 Å². The zero-order valence-electron chi connectivity index (χ0n) is 14.2. The molecule has 5 nitrogen and oxygen atoms in total. The van der Waals surface area contributed by atoms with Crippen molar-refractivity contribution in [1.29, 1.82) is 0 Å². The Balaban J connectivity index is 1.71. The van der Waals surface area contributed by atoms with Gasteiger partial charge >= 0.3 is 0 Å². The molecule has 0 saturated carbocycles. The number of hydrogen-bond acceptors (Lipinski definition) is 4. The van der Waals surface area contributed by atoms with Crippen LogP contribution in [0.5, 0.6) is 0 Å². The van der Waals surface area contributed by atoms with E-state index in [0.717, 1.165) is 11.4 Å². The molecule has 0 saturated heterocycles. The molecule has 0 spiro atoms. The molecule has 27 heavy (non-hydrogen) atoms. The summed E-state index contributed by atoms with van der Waals surface area (Å²) in [5.41, 5.74) is 1.32. The van der Waals surface area contributed by atoms with Crippen molar-refractivity contribution in [2.45, 2.75) is 18.6 Å². The van der Waals surface area contributed by atoms with Gasteiger partial charge in [0.1, 0.15) is 0 Å². The summed E-state index contributed by atoms with van der Waals surface area (Å²) in [6.07, 6.45) is 0. The highest BCUT2D eigenvalue weighted by Gasteiger charge is 2.16. The Morgan fingerprint density at radius 1 is 1.07 bits per heavy atom. The molecule has 1 aromatic heterocycles. The van der Waals surface area contributed by atoms with Crippen LogP contribution >= 0.6 is 46.6 Å². The number of nitrogens with one attached hydrogen (secondary N) is 1. The Morgan fingerprint density at radius 2 is 1.74 bits per heavy atom. The topological polar surface area (TPSA) is 59.8 Å². The van der Waals surface area contributed by atoms with Crippen LogP contribution in [-0.4, -0.2) is 26.4 Å². The van der Waals surface area contributed by atoms with Gasteiger partial charge in [0.05, 0.1) is 21.5 Å². The summed E-state index contributed by atoms with van der Waals surface area (Å²) < 4.78 is 1.95. The summed E-state index contributed by atoms with van der Waals surface area (Å²) in [6, 6.07) is 12.4. The first-order valence-corrected chi connectivity index (χ1v) is 10.2. The SMILES string of the molecule is CCn1c(SCC(=O)Nc2c(Cl)cccc2Cl)nnc1-c1ccc(Cl)cc1. The molecule has 0 bridgehead atoms. The number of amides is 1. The van der Waals surface area contributed by atoms with Crippen molar-refractivity contribution in [2.24, 2.45) is 0 Å². The molecule has 9 heteroatoms. The van der Waals surface area contributed by atoms with Crippen LogP contribution in [0.2, 0.25) is 15.1 Å². The Bertz CT molecular complexity index is 939. The summed E-state index contributed by atoms with van der Waals surface area (Å²) in [6.45, 7) is 2.67. The summed E-state index contributed by atoms with van der Waals surface area (Å²) in [5, 5.41) is 13.3. The van der Waals surface area contributed by atoms with Crippen molar-refractivity contribution >= 4 is 58.2 Å². The molecule has 0 fully saturated rings. The van der Waals surface area contributed by atoms with Gasteiger partial charge in [0.2, 0.25) is 5.91 Å². The maximum Gasteiger partial charge on any atom is 0.234 e. The van der Waals surface area contributed by atoms with Crippen molar-refractivity contribution in [1.82, 2.24) is 14.8 Å². The van der Waals surface area contributed by atoms with Crippen molar-refractivity contribution in [3.63, 3.8) is 0 Å². The second-order valence-electron chi connectivity index (χ2n) is 5.49. The fourth-order valence-electron chi connectivity index (χ4n) is 2.42. The Hall–Kier alpha value is -1.73. The van der Waals surface area contributed by atoms with Crippen LogP contribution in [0.1, 0.15) is 6.92 Å². The lowest BCUT2D eigenvalue weighted by molar-refractivity contribution is -0.113. The summed E-state index contributed by atoms with van der Waals surface area (Å²) in [4.78, 5) is 12.3. The normalized spacial score (nSPS) is 10.8.